The largest absolute Gasteiger partial charge is 0.432 e. The fraction of sp³-hybridized carbons (Fsp3) is 0.944. The van der Waals surface area contributed by atoms with Crippen molar-refractivity contribution in [2.24, 2.45) is 0 Å². The number of aliphatic hydroxyl groups is 1. The summed E-state index contributed by atoms with van der Waals surface area (Å²) in [4.78, 5) is 15.0. The van der Waals surface area contributed by atoms with Gasteiger partial charge >= 0.3 is 16.4 Å². The van der Waals surface area contributed by atoms with Gasteiger partial charge in [-0.2, -0.15) is 8.42 Å². The third kappa shape index (κ3) is 19.6. The lowest BCUT2D eigenvalue weighted by atomic mass is 10.0. The van der Waals surface area contributed by atoms with E-state index < -0.39 is 16.4 Å². The van der Waals surface area contributed by atoms with Crippen LogP contribution in [0.2, 0.25) is 0 Å². The zero-order valence-corrected chi connectivity index (χ0v) is 16.8. The lowest BCUT2D eigenvalue weighted by Crippen LogP contribution is -2.10. The van der Waals surface area contributed by atoms with Gasteiger partial charge in [-0.1, -0.05) is 77.6 Å². The maximum atomic E-state index is 11.1. The minimum absolute atomic E-state index is 0.0381. The van der Waals surface area contributed by atoms with Crippen LogP contribution in [-0.2, 0) is 24.4 Å². The van der Waals surface area contributed by atoms with Crippen molar-refractivity contribution in [2.45, 2.75) is 109 Å². The maximum absolute atomic E-state index is 11.1. The van der Waals surface area contributed by atoms with Gasteiger partial charge in [0, 0.05) is 6.42 Å². The number of aliphatic hydroxyl groups excluding tert-OH is 1. The third-order valence-electron chi connectivity index (χ3n) is 4.27. The molecule has 0 heterocycles. The first-order valence-electron chi connectivity index (χ1n) is 9.89. The summed E-state index contributed by atoms with van der Waals surface area (Å²) in [7, 11) is -4.75. The van der Waals surface area contributed by atoms with E-state index in [1.807, 2.05) is 0 Å². The first kappa shape index (κ1) is 25.3. The van der Waals surface area contributed by atoms with Gasteiger partial charge in [-0.05, 0) is 23.6 Å². The van der Waals surface area contributed by atoms with Crippen molar-refractivity contribution in [3.05, 3.63) is 0 Å². The number of hydrogen-bond donors (Lipinski definition) is 2. The normalized spacial score (nSPS) is 12.9. The molecule has 7 nitrogen and oxygen atoms in total. The summed E-state index contributed by atoms with van der Waals surface area (Å²) >= 11 is 0. The molecule has 0 spiro atoms. The average molecular weight is 397 g/mol. The second kappa shape index (κ2) is 16.5. The van der Waals surface area contributed by atoms with Crippen molar-refractivity contribution < 1.29 is 32.1 Å². The van der Waals surface area contributed by atoms with Crippen LogP contribution in [0.4, 0.5) is 0 Å². The van der Waals surface area contributed by atoms with E-state index in [1.165, 1.54) is 38.5 Å². The molecule has 0 bridgehead atoms. The fourth-order valence-corrected chi connectivity index (χ4v) is 2.95. The molecule has 156 valence electrons. The maximum Gasteiger partial charge on any atom is 0.432 e. The molecule has 2 N–H and O–H groups in total. The smallest absolute Gasteiger partial charge is 0.393 e. The zero-order valence-electron chi connectivity index (χ0n) is 16.0. The molecular weight excluding hydrogens is 360 g/mol. The molecule has 0 aromatic carbocycles. The molecule has 0 aliphatic heterocycles. The predicted octanol–water partition coefficient (Wildman–Crippen LogP) is 4.50. The summed E-state index contributed by atoms with van der Waals surface area (Å²) < 4.78 is 32.2. The standard InChI is InChI=1S/C18H36O7S/c1-2-3-4-5-6-8-11-14-17(19)15-12-9-7-10-13-16-18(20)24-25-26(21,22)23/h17,19H,2-16H2,1H3,(H,21,22,23). The summed E-state index contributed by atoms with van der Waals surface area (Å²) in [5.41, 5.74) is 0. The second-order valence-electron chi connectivity index (χ2n) is 6.82. The Hall–Kier alpha value is -0.700. The van der Waals surface area contributed by atoms with Gasteiger partial charge in [0.1, 0.15) is 0 Å². The molecule has 0 saturated heterocycles. The molecule has 0 radical (unpaired) electrons. The van der Waals surface area contributed by atoms with E-state index in [9.17, 15) is 18.3 Å². The first-order chi connectivity index (χ1) is 12.3. The number of carbonyl (C=O) groups excluding carboxylic acids is 1. The third-order valence-corrected chi connectivity index (χ3v) is 4.51. The second-order valence-corrected chi connectivity index (χ2v) is 7.81. The van der Waals surface area contributed by atoms with Crippen molar-refractivity contribution in [1.82, 2.24) is 0 Å². The highest BCUT2D eigenvalue weighted by Gasteiger charge is 2.11. The summed E-state index contributed by atoms with van der Waals surface area (Å²) in [6, 6.07) is 0. The zero-order chi connectivity index (χ0) is 19.7. The highest BCUT2D eigenvalue weighted by molar-refractivity contribution is 7.80. The van der Waals surface area contributed by atoms with Crippen molar-refractivity contribution in [1.29, 1.82) is 0 Å². The summed E-state index contributed by atoms with van der Waals surface area (Å²) in [6.07, 6.45) is 14.6. The molecule has 0 fully saturated rings. The van der Waals surface area contributed by atoms with E-state index in [-0.39, 0.29) is 12.5 Å². The Morgan fingerprint density at radius 3 is 1.81 bits per heavy atom. The molecule has 0 saturated carbocycles. The van der Waals surface area contributed by atoms with Crippen molar-refractivity contribution in [3.8, 4) is 0 Å². The summed E-state index contributed by atoms with van der Waals surface area (Å²) in [5.74, 6) is -0.826. The molecule has 0 amide bonds. The molecule has 0 aliphatic carbocycles. The van der Waals surface area contributed by atoms with Crippen LogP contribution in [0, 0.1) is 0 Å². The number of hydrogen-bond acceptors (Lipinski definition) is 6. The van der Waals surface area contributed by atoms with E-state index >= 15 is 0 Å². The van der Waals surface area contributed by atoms with Gasteiger partial charge in [-0.3, -0.25) is 9.44 Å². The van der Waals surface area contributed by atoms with E-state index in [1.54, 1.807) is 0 Å². The highest BCUT2D eigenvalue weighted by atomic mass is 32.3. The SMILES string of the molecule is CCCCCCCCCC(O)CCCCCCCC(=O)OOS(=O)(=O)O. The predicted molar refractivity (Wildman–Crippen MR) is 99.7 cm³/mol. The van der Waals surface area contributed by atoms with E-state index in [0.29, 0.717) is 6.42 Å². The lowest BCUT2D eigenvalue weighted by Gasteiger charge is -2.10. The van der Waals surface area contributed by atoms with Crippen molar-refractivity contribution in [3.63, 3.8) is 0 Å². The minimum atomic E-state index is -4.75. The van der Waals surface area contributed by atoms with Crippen LogP contribution in [0.5, 0.6) is 0 Å². The Morgan fingerprint density at radius 1 is 0.846 bits per heavy atom. The fourth-order valence-electron chi connectivity index (χ4n) is 2.78. The van der Waals surface area contributed by atoms with Crippen LogP contribution < -0.4 is 0 Å². The highest BCUT2D eigenvalue weighted by Crippen LogP contribution is 2.14. The molecule has 0 aromatic rings. The van der Waals surface area contributed by atoms with Gasteiger partial charge in [-0.25, -0.2) is 4.79 Å². The summed E-state index contributed by atoms with van der Waals surface area (Å²) in [5, 5.41) is 9.95. The Labute approximate surface area is 158 Å². The lowest BCUT2D eigenvalue weighted by molar-refractivity contribution is -0.214. The molecule has 26 heavy (non-hydrogen) atoms. The molecular formula is C18H36O7S. The van der Waals surface area contributed by atoms with Gasteiger partial charge in [0.25, 0.3) is 0 Å². The Morgan fingerprint density at radius 2 is 1.31 bits per heavy atom. The average Bonchev–Trinajstić information content (AvgIpc) is 2.57. The molecule has 8 heteroatoms. The number of carbonyl (C=O) groups is 1. The van der Waals surface area contributed by atoms with Crippen LogP contribution in [0.3, 0.4) is 0 Å². The van der Waals surface area contributed by atoms with Gasteiger partial charge < -0.3 is 5.11 Å². The van der Waals surface area contributed by atoms with Crippen molar-refractivity contribution >= 4 is 16.4 Å². The number of rotatable bonds is 18. The van der Waals surface area contributed by atoms with Crippen LogP contribution in [-0.4, -0.2) is 30.2 Å². The van der Waals surface area contributed by atoms with Gasteiger partial charge in [0.15, 0.2) is 0 Å². The molecule has 0 rings (SSSR count). The van der Waals surface area contributed by atoms with Crippen molar-refractivity contribution in [2.75, 3.05) is 0 Å². The van der Waals surface area contributed by atoms with Crippen LogP contribution >= 0.6 is 0 Å². The number of unbranched alkanes of at least 4 members (excludes halogenated alkanes) is 10. The van der Waals surface area contributed by atoms with E-state index in [0.717, 1.165) is 44.9 Å². The van der Waals surface area contributed by atoms with Gasteiger partial charge in [-0.15, -0.1) is 0 Å². The van der Waals surface area contributed by atoms with E-state index in [2.05, 4.69) is 16.1 Å². The monoisotopic (exact) mass is 396 g/mol. The van der Waals surface area contributed by atoms with Crippen LogP contribution in [0.15, 0.2) is 0 Å². The van der Waals surface area contributed by atoms with E-state index in [4.69, 9.17) is 4.55 Å². The first-order valence-corrected chi connectivity index (χ1v) is 11.3. The minimum Gasteiger partial charge on any atom is -0.393 e. The quantitative estimate of drug-likeness (QED) is 0.152. The summed E-state index contributed by atoms with van der Waals surface area (Å²) in [6.45, 7) is 2.22. The van der Waals surface area contributed by atoms with Gasteiger partial charge in [0.2, 0.25) is 0 Å². The molecule has 0 aromatic heterocycles. The Bertz CT molecular complexity index is 437. The van der Waals surface area contributed by atoms with Gasteiger partial charge in [0.05, 0.1) is 6.10 Å². The molecule has 0 aliphatic rings. The topological polar surface area (TPSA) is 110 Å². The van der Waals surface area contributed by atoms with Crippen LogP contribution in [0.1, 0.15) is 103 Å². The Balaban J connectivity index is 3.34. The molecule has 1 atom stereocenters. The van der Waals surface area contributed by atoms with Crippen LogP contribution in [0.25, 0.3) is 0 Å². The molecule has 1 unspecified atom stereocenters. The Kier molecular flexibility index (Phi) is 16.0.